The number of nitrogens with zero attached hydrogens (tertiary/aromatic N) is 4. The monoisotopic (exact) mass is 634 g/mol. The number of hydrogen-bond donors (Lipinski definition) is 2. The molecule has 2 unspecified atom stereocenters. The van der Waals surface area contributed by atoms with Crippen molar-refractivity contribution in [3.05, 3.63) is 44.5 Å². The van der Waals surface area contributed by atoms with Gasteiger partial charge >= 0.3 is 11.9 Å². The lowest BCUT2D eigenvalue weighted by atomic mass is 9.98. The van der Waals surface area contributed by atoms with E-state index in [0.29, 0.717) is 11.3 Å². The maximum atomic E-state index is 13.4. The molecule has 0 saturated carbocycles. The summed E-state index contributed by atoms with van der Waals surface area (Å²) < 4.78 is 10.4. The molecule has 0 radical (unpaired) electrons. The number of amides is 2. The van der Waals surface area contributed by atoms with Gasteiger partial charge in [-0.3, -0.25) is 19.3 Å². The van der Waals surface area contributed by atoms with E-state index < -0.39 is 47.4 Å². The Balaban J connectivity index is 1.55. The number of aromatic nitrogens is 2. The molecule has 13 nitrogen and oxygen atoms in total. The number of thioether (sulfide) groups is 1. The fourth-order valence-corrected chi connectivity index (χ4v) is 6.33. The maximum absolute atomic E-state index is 13.4. The minimum atomic E-state index is -0.957. The first kappa shape index (κ1) is 31.2. The van der Waals surface area contributed by atoms with Crippen LogP contribution < -0.4 is 11.1 Å². The summed E-state index contributed by atoms with van der Waals surface area (Å²) in [5, 5.41) is 7.75. The van der Waals surface area contributed by atoms with Crippen molar-refractivity contribution in [2.24, 2.45) is 10.6 Å². The summed E-state index contributed by atoms with van der Waals surface area (Å²) in [6.07, 6.45) is 3.55. The third-order valence-electron chi connectivity index (χ3n) is 5.95. The topological polar surface area (TPSA) is 175 Å². The predicted octanol–water partition coefficient (Wildman–Crippen LogP) is 2.69. The van der Waals surface area contributed by atoms with Gasteiger partial charge in [0.1, 0.15) is 29.4 Å². The molecule has 0 spiro atoms. The second kappa shape index (κ2) is 13.0. The number of oxime groups is 1. The zero-order chi connectivity index (χ0) is 30.6. The molecular weight excluding hydrogens is 605 g/mol. The quantitative estimate of drug-likeness (QED) is 0.129. The van der Waals surface area contributed by atoms with E-state index in [2.05, 4.69) is 20.4 Å². The largest absolute Gasteiger partial charge is 0.427 e. The van der Waals surface area contributed by atoms with Crippen LogP contribution in [0.25, 0.3) is 6.08 Å². The summed E-state index contributed by atoms with van der Waals surface area (Å²) in [7, 11) is 0. The summed E-state index contributed by atoms with van der Waals surface area (Å²) in [6.45, 7) is 8.20. The zero-order valence-electron chi connectivity index (χ0n) is 23.5. The first-order chi connectivity index (χ1) is 19.9. The third kappa shape index (κ3) is 6.82. The van der Waals surface area contributed by atoms with Crippen molar-refractivity contribution in [1.29, 1.82) is 0 Å². The molecule has 2 amide bonds. The van der Waals surface area contributed by atoms with Gasteiger partial charge in [-0.15, -0.1) is 34.4 Å². The second-order valence-corrected chi connectivity index (χ2v) is 12.9. The van der Waals surface area contributed by atoms with Crippen molar-refractivity contribution in [3.63, 3.8) is 0 Å². The molecule has 16 heteroatoms. The van der Waals surface area contributed by atoms with Crippen LogP contribution >= 0.6 is 34.4 Å². The Kier molecular flexibility index (Phi) is 9.68. The molecule has 0 aromatic carbocycles. The van der Waals surface area contributed by atoms with Gasteiger partial charge in [-0.2, -0.15) is 0 Å². The summed E-state index contributed by atoms with van der Waals surface area (Å²) in [5.74, 6) is -2.24. The number of thiazole rings is 2. The number of carbonyl (C=O) groups excluding carboxylic acids is 4. The number of aryl methyl sites for hydroxylation is 1. The number of esters is 2. The van der Waals surface area contributed by atoms with E-state index in [1.54, 1.807) is 44.7 Å². The van der Waals surface area contributed by atoms with Crippen LogP contribution in [0.4, 0.5) is 5.13 Å². The number of allylic oxidation sites excluding steroid dienone is 1. The van der Waals surface area contributed by atoms with Crippen LogP contribution in [0.15, 0.2) is 33.4 Å². The number of fused-ring (bicyclic) bond motifs is 1. The van der Waals surface area contributed by atoms with Gasteiger partial charge in [-0.1, -0.05) is 11.2 Å². The van der Waals surface area contributed by atoms with E-state index in [0.717, 1.165) is 21.9 Å². The smallest absolute Gasteiger partial charge is 0.358 e. The number of hydrogen-bond acceptors (Lipinski definition) is 14. The normalized spacial score (nSPS) is 18.9. The van der Waals surface area contributed by atoms with Gasteiger partial charge in [-0.05, 0) is 46.3 Å². The van der Waals surface area contributed by atoms with Crippen LogP contribution in [0.5, 0.6) is 0 Å². The van der Waals surface area contributed by atoms with Crippen LogP contribution in [-0.4, -0.2) is 74.9 Å². The fraction of sp³-hybridized carbons (Fsp3) is 0.423. The molecule has 224 valence electrons. The molecule has 4 rings (SSSR count). The number of rotatable bonds is 10. The molecule has 2 aromatic rings. The highest BCUT2D eigenvalue weighted by Gasteiger charge is 2.54. The molecular formula is C26H30N6O7S3. The van der Waals surface area contributed by atoms with E-state index in [1.807, 2.05) is 13.0 Å². The van der Waals surface area contributed by atoms with Crippen molar-refractivity contribution >= 4 is 75.1 Å². The summed E-state index contributed by atoms with van der Waals surface area (Å²) in [6, 6.07) is -0.957. The first-order valence-corrected chi connectivity index (χ1v) is 15.6. The van der Waals surface area contributed by atoms with Gasteiger partial charge in [0.25, 0.3) is 11.8 Å². The van der Waals surface area contributed by atoms with Crippen molar-refractivity contribution < 1.29 is 33.5 Å². The molecule has 0 bridgehead atoms. The van der Waals surface area contributed by atoms with E-state index in [-0.39, 0.29) is 28.8 Å². The number of carbonyl (C=O) groups is 4. The average molecular weight is 635 g/mol. The summed E-state index contributed by atoms with van der Waals surface area (Å²) in [5.41, 5.74) is 8.09. The Hall–Kier alpha value is -3.76. The minimum absolute atomic E-state index is 0.00922. The predicted molar refractivity (Wildman–Crippen MR) is 159 cm³/mol. The van der Waals surface area contributed by atoms with Gasteiger partial charge in [-0.25, -0.2) is 14.8 Å². The summed E-state index contributed by atoms with van der Waals surface area (Å²) in [4.78, 5) is 67.6. The molecule has 42 heavy (non-hydrogen) atoms. The van der Waals surface area contributed by atoms with E-state index in [1.165, 1.54) is 28.0 Å². The van der Waals surface area contributed by atoms with Gasteiger partial charge in [0.15, 0.2) is 10.8 Å². The molecule has 2 aliphatic rings. The van der Waals surface area contributed by atoms with E-state index >= 15 is 0 Å². The Bertz CT molecular complexity index is 1470. The van der Waals surface area contributed by atoms with Gasteiger partial charge in [0.05, 0.1) is 16.6 Å². The molecule has 0 aliphatic carbocycles. The Labute approximate surface area is 254 Å². The molecule has 1 saturated heterocycles. The number of nitrogens with two attached hydrogens (primary N) is 1. The minimum Gasteiger partial charge on any atom is -0.427 e. The van der Waals surface area contributed by atoms with Crippen LogP contribution in [0.3, 0.4) is 0 Å². The Morgan fingerprint density at radius 3 is 2.62 bits per heavy atom. The van der Waals surface area contributed by atoms with Gasteiger partial charge in [0.2, 0.25) is 6.79 Å². The fourth-order valence-electron chi connectivity index (χ4n) is 3.77. The van der Waals surface area contributed by atoms with Crippen molar-refractivity contribution in [2.45, 2.75) is 46.0 Å². The van der Waals surface area contributed by atoms with E-state index in [9.17, 15) is 19.2 Å². The molecule has 2 aromatic heterocycles. The Morgan fingerprint density at radius 1 is 1.24 bits per heavy atom. The van der Waals surface area contributed by atoms with E-state index in [4.69, 9.17) is 20.0 Å². The molecule has 2 atom stereocenters. The van der Waals surface area contributed by atoms with Gasteiger partial charge in [0, 0.05) is 16.0 Å². The lowest BCUT2D eigenvalue weighted by molar-refractivity contribution is -0.173. The Morgan fingerprint density at radius 2 is 2.00 bits per heavy atom. The highest BCUT2D eigenvalue weighted by molar-refractivity contribution is 8.00. The third-order valence-corrected chi connectivity index (χ3v) is 8.83. The second-order valence-electron chi connectivity index (χ2n) is 10.0. The molecule has 4 heterocycles. The lowest BCUT2D eigenvalue weighted by Gasteiger charge is -2.49. The lowest BCUT2D eigenvalue weighted by Crippen LogP contribution is -2.71. The molecule has 1 fully saturated rings. The number of nitrogen functional groups attached to an aromatic ring is 1. The molecule has 2 aliphatic heterocycles. The van der Waals surface area contributed by atoms with Crippen molar-refractivity contribution in [1.82, 2.24) is 20.2 Å². The SMILES string of the molecule is CCO/N=C(/C(=O)NC1C(=O)N2C(C(=O)OCOC(=O)C(C)(C)C)=C(/C=C/c3scnc3C)CSC12)c1csc(N)n1. The standard InChI is InChI=1S/C26H30N6O7S3/c1-6-39-31-17(15-10-41-25(27)29-15)20(33)30-18-21(34)32-19(23(35)37-12-38-24(36)26(3,4)5)14(9-40-22(18)32)7-8-16-13(2)28-11-42-16/h7-8,10-11,18,22H,6,9,12H2,1-5H3,(H2,27,29)(H,30,33)/b8-7+,31-17+. The average Bonchev–Trinajstić information content (AvgIpc) is 3.56. The number of ether oxygens (including phenoxy) is 2. The van der Waals surface area contributed by atoms with Crippen LogP contribution in [0, 0.1) is 12.3 Å². The van der Waals surface area contributed by atoms with Gasteiger partial charge < -0.3 is 25.4 Å². The maximum Gasteiger partial charge on any atom is 0.358 e. The molecule has 3 N–H and O–H groups in total. The van der Waals surface area contributed by atoms with Crippen molar-refractivity contribution in [3.8, 4) is 0 Å². The van der Waals surface area contributed by atoms with Crippen LogP contribution in [0.2, 0.25) is 0 Å². The zero-order valence-corrected chi connectivity index (χ0v) is 26.0. The summed E-state index contributed by atoms with van der Waals surface area (Å²) >= 11 is 3.94. The number of anilines is 1. The van der Waals surface area contributed by atoms with Crippen LogP contribution in [-0.2, 0) is 33.5 Å². The highest BCUT2D eigenvalue weighted by Crippen LogP contribution is 2.41. The number of β-lactam (4-membered cyclic amide) rings is 1. The number of nitrogens with one attached hydrogen (secondary N) is 1. The van der Waals surface area contributed by atoms with Crippen LogP contribution in [0.1, 0.15) is 44.0 Å². The first-order valence-electron chi connectivity index (χ1n) is 12.7. The van der Waals surface area contributed by atoms with Crippen molar-refractivity contribution in [2.75, 3.05) is 24.9 Å². The highest BCUT2D eigenvalue weighted by atomic mass is 32.2.